The molecule has 152 valence electrons. The SMILES string of the molecule is CCNC(=NCc1nncn1-c1ccccc1)NCC(C)Oc1ccc(Cl)cc1. The number of nitrogens with zero attached hydrogens (tertiary/aromatic N) is 4. The van der Waals surface area contributed by atoms with E-state index in [2.05, 4.69) is 25.8 Å². The molecule has 0 aliphatic heterocycles. The van der Waals surface area contributed by atoms with Crippen LogP contribution >= 0.6 is 11.6 Å². The predicted molar refractivity (Wildman–Crippen MR) is 116 cm³/mol. The number of aliphatic imine (C=N–C) groups is 1. The predicted octanol–water partition coefficient (Wildman–Crippen LogP) is 3.44. The van der Waals surface area contributed by atoms with Gasteiger partial charge in [0.1, 0.15) is 24.7 Å². The van der Waals surface area contributed by atoms with Gasteiger partial charge < -0.3 is 15.4 Å². The van der Waals surface area contributed by atoms with E-state index in [0.29, 0.717) is 24.1 Å². The fourth-order valence-corrected chi connectivity index (χ4v) is 2.82. The summed E-state index contributed by atoms with van der Waals surface area (Å²) in [6.07, 6.45) is 1.65. The number of benzene rings is 2. The van der Waals surface area contributed by atoms with Crippen molar-refractivity contribution in [3.8, 4) is 11.4 Å². The summed E-state index contributed by atoms with van der Waals surface area (Å²) in [5.74, 6) is 2.24. The Balaban J connectivity index is 1.59. The lowest BCUT2D eigenvalue weighted by Crippen LogP contribution is -2.41. The van der Waals surface area contributed by atoms with Gasteiger partial charge in [0.25, 0.3) is 0 Å². The van der Waals surface area contributed by atoms with Gasteiger partial charge in [-0.2, -0.15) is 0 Å². The van der Waals surface area contributed by atoms with Crippen molar-refractivity contribution in [1.29, 1.82) is 0 Å². The quantitative estimate of drug-likeness (QED) is 0.437. The highest BCUT2D eigenvalue weighted by Gasteiger charge is 2.08. The molecule has 0 saturated carbocycles. The van der Waals surface area contributed by atoms with Gasteiger partial charge in [-0.25, -0.2) is 4.99 Å². The number of rotatable bonds is 8. The summed E-state index contributed by atoms with van der Waals surface area (Å²) in [6.45, 7) is 5.77. The van der Waals surface area contributed by atoms with Crippen molar-refractivity contribution in [3.05, 3.63) is 71.8 Å². The number of ether oxygens (including phenoxy) is 1. The number of hydrogen-bond acceptors (Lipinski definition) is 4. The molecule has 0 bridgehead atoms. The molecular formula is C21H25ClN6O. The van der Waals surface area contributed by atoms with Crippen molar-refractivity contribution < 1.29 is 4.74 Å². The third-order valence-corrected chi connectivity index (χ3v) is 4.34. The highest BCUT2D eigenvalue weighted by Crippen LogP contribution is 2.16. The van der Waals surface area contributed by atoms with Crippen molar-refractivity contribution >= 4 is 17.6 Å². The minimum absolute atomic E-state index is 0.0481. The van der Waals surface area contributed by atoms with Crippen molar-refractivity contribution in [2.45, 2.75) is 26.5 Å². The molecule has 3 rings (SSSR count). The molecule has 0 aliphatic rings. The van der Waals surface area contributed by atoms with Crippen LogP contribution in [0.3, 0.4) is 0 Å². The maximum absolute atomic E-state index is 5.91. The normalized spacial score (nSPS) is 12.4. The third kappa shape index (κ3) is 6.22. The fraction of sp³-hybridized carbons (Fsp3) is 0.286. The number of aromatic nitrogens is 3. The van der Waals surface area contributed by atoms with Crippen molar-refractivity contribution in [2.24, 2.45) is 4.99 Å². The Morgan fingerprint density at radius 3 is 2.62 bits per heavy atom. The van der Waals surface area contributed by atoms with Crippen LogP contribution in [0.2, 0.25) is 5.02 Å². The Morgan fingerprint density at radius 1 is 1.14 bits per heavy atom. The average Bonchev–Trinajstić information content (AvgIpc) is 3.21. The molecule has 1 heterocycles. The Morgan fingerprint density at radius 2 is 1.90 bits per heavy atom. The van der Waals surface area contributed by atoms with Gasteiger partial charge in [0.2, 0.25) is 0 Å². The molecule has 29 heavy (non-hydrogen) atoms. The zero-order chi connectivity index (χ0) is 20.5. The zero-order valence-electron chi connectivity index (χ0n) is 16.5. The second kappa shape index (κ2) is 10.5. The van der Waals surface area contributed by atoms with Crippen LogP contribution in [0.15, 0.2) is 65.9 Å². The fourth-order valence-electron chi connectivity index (χ4n) is 2.69. The Bertz CT molecular complexity index is 910. The number of guanidine groups is 1. The number of para-hydroxylation sites is 1. The first kappa shape index (κ1) is 20.7. The van der Waals surface area contributed by atoms with Crippen LogP contribution in [0, 0.1) is 0 Å². The van der Waals surface area contributed by atoms with E-state index in [0.717, 1.165) is 23.8 Å². The first-order valence-electron chi connectivity index (χ1n) is 9.54. The van der Waals surface area contributed by atoms with Gasteiger partial charge in [0, 0.05) is 17.3 Å². The first-order chi connectivity index (χ1) is 14.2. The number of nitrogens with one attached hydrogen (secondary N) is 2. The summed E-state index contributed by atoms with van der Waals surface area (Å²) in [5.41, 5.74) is 1.01. The van der Waals surface area contributed by atoms with Crippen molar-refractivity contribution in [2.75, 3.05) is 13.1 Å². The molecule has 2 aromatic carbocycles. The van der Waals surface area contributed by atoms with Crippen molar-refractivity contribution in [3.63, 3.8) is 0 Å². The summed E-state index contributed by atoms with van der Waals surface area (Å²) >= 11 is 5.91. The Labute approximate surface area is 175 Å². The van der Waals surface area contributed by atoms with Crippen LogP contribution in [0.4, 0.5) is 0 Å². The molecule has 2 N–H and O–H groups in total. The minimum atomic E-state index is -0.0481. The first-order valence-corrected chi connectivity index (χ1v) is 9.92. The van der Waals surface area contributed by atoms with E-state index in [1.807, 2.05) is 73.0 Å². The highest BCUT2D eigenvalue weighted by atomic mass is 35.5. The van der Waals surface area contributed by atoms with Crippen LogP contribution in [0.1, 0.15) is 19.7 Å². The lowest BCUT2D eigenvalue weighted by Gasteiger charge is -2.17. The summed E-state index contributed by atoms with van der Waals surface area (Å²) in [6, 6.07) is 17.3. The molecule has 1 unspecified atom stereocenters. The lowest BCUT2D eigenvalue weighted by atomic mass is 10.3. The second-order valence-electron chi connectivity index (χ2n) is 6.41. The molecule has 0 radical (unpaired) electrons. The van der Waals surface area contributed by atoms with Gasteiger partial charge in [-0.15, -0.1) is 10.2 Å². The molecular weight excluding hydrogens is 388 g/mol. The third-order valence-electron chi connectivity index (χ3n) is 4.08. The number of hydrogen-bond donors (Lipinski definition) is 2. The van der Waals surface area contributed by atoms with Crippen LogP contribution in [0.25, 0.3) is 5.69 Å². The van der Waals surface area contributed by atoms with Crippen LogP contribution in [-0.4, -0.2) is 39.9 Å². The standard InChI is InChI=1S/C21H25ClN6O/c1-3-23-21(24-13-16(2)29-19-11-9-17(22)10-12-19)25-14-20-27-26-15-28(20)18-7-5-4-6-8-18/h4-12,15-16H,3,13-14H2,1-2H3,(H2,23,24,25). The van der Waals surface area contributed by atoms with Gasteiger partial charge in [-0.3, -0.25) is 4.57 Å². The molecule has 0 amide bonds. The monoisotopic (exact) mass is 412 g/mol. The maximum Gasteiger partial charge on any atom is 0.191 e. The summed E-state index contributed by atoms with van der Waals surface area (Å²) in [4.78, 5) is 4.63. The smallest absolute Gasteiger partial charge is 0.191 e. The van der Waals surface area contributed by atoms with E-state index >= 15 is 0 Å². The van der Waals surface area contributed by atoms with Crippen LogP contribution < -0.4 is 15.4 Å². The van der Waals surface area contributed by atoms with E-state index < -0.39 is 0 Å². The van der Waals surface area contributed by atoms with Gasteiger partial charge in [0.15, 0.2) is 11.8 Å². The van der Waals surface area contributed by atoms with E-state index in [9.17, 15) is 0 Å². The zero-order valence-corrected chi connectivity index (χ0v) is 17.3. The molecule has 0 fully saturated rings. The molecule has 7 nitrogen and oxygen atoms in total. The topological polar surface area (TPSA) is 76.4 Å². The molecule has 0 saturated heterocycles. The average molecular weight is 413 g/mol. The van der Waals surface area contributed by atoms with E-state index in [1.165, 1.54) is 0 Å². The summed E-state index contributed by atoms with van der Waals surface area (Å²) < 4.78 is 7.82. The molecule has 1 atom stereocenters. The highest BCUT2D eigenvalue weighted by molar-refractivity contribution is 6.30. The van der Waals surface area contributed by atoms with Crippen molar-refractivity contribution in [1.82, 2.24) is 25.4 Å². The molecule has 3 aromatic rings. The largest absolute Gasteiger partial charge is 0.489 e. The van der Waals surface area contributed by atoms with Crippen LogP contribution in [-0.2, 0) is 6.54 Å². The Hall–Kier alpha value is -3.06. The van der Waals surface area contributed by atoms with E-state index in [1.54, 1.807) is 6.33 Å². The van der Waals surface area contributed by atoms with Gasteiger partial charge >= 0.3 is 0 Å². The molecule has 0 spiro atoms. The van der Waals surface area contributed by atoms with Gasteiger partial charge in [-0.05, 0) is 50.2 Å². The van der Waals surface area contributed by atoms with Gasteiger partial charge in [-0.1, -0.05) is 29.8 Å². The summed E-state index contributed by atoms with van der Waals surface area (Å²) in [7, 11) is 0. The molecule has 1 aromatic heterocycles. The summed E-state index contributed by atoms with van der Waals surface area (Å²) in [5, 5.41) is 15.5. The maximum atomic E-state index is 5.91. The lowest BCUT2D eigenvalue weighted by molar-refractivity contribution is 0.224. The minimum Gasteiger partial charge on any atom is -0.489 e. The Kier molecular flexibility index (Phi) is 7.47. The second-order valence-corrected chi connectivity index (χ2v) is 6.85. The molecule has 0 aliphatic carbocycles. The van der Waals surface area contributed by atoms with Crippen LogP contribution in [0.5, 0.6) is 5.75 Å². The van der Waals surface area contributed by atoms with E-state index in [-0.39, 0.29) is 6.10 Å². The van der Waals surface area contributed by atoms with E-state index in [4.69, 9.17) is 16.3 Å². The molecule has 8 heteroatoms. The van der Waals surface area contributed by atoms with Gasteiger partial charge in [0.05, 0.1) is 6.54 Å². The number of halogens is 1.